The van der Waals surface area contributed by atoms with E-state index in [9.17, 15) is 13.6 Å². The molecule has 0 unspecified atom stereocenters. The van der Waals surface area contributed by atoms with E-state index in [4.69, 9.17) is 5.73 Å². The summed E-state index contributed by atoms with van der Waals surface area (Å²) >= 11 is 0. The number of aromatic nitrogens is 2. The highest BCUT2D eigenvalue weighted by Crippen LogP contribution is 2.19. The minimum Gasteiger partial charge on any atom is -0.396 e. The first-order chi connectivity index (χ1) is 9.38. The third kappa shape index (κ3) is 2.76. The van der Waals surface area contributed by atoms with Gasteiger partial charge in [-0.3, -0.25) is 9.89 Å². The van der Waals surface area contributed by atoms with Gasteiger partial charge in [-0.05, 0) is 12.0 Å². The molecule has 0 aliphatic carbocycles. The summed E-state index contributed by atoms with van der Waals surface area (Å²) in [4.78, 5) is 11.9. The largest absolute Gasteiger partial charge is 0.396 e. The van der Waals surface area contributed by atoms with Gasteiger partial charge in [0.2, 0.25) is 0 Å². The molecular formula is C13H14F2N4O. The molecule has 5 nitrogen and oxygen atoms in total. The van der Waals surface area contributed by atoms with Crippen LogP contribution in [0.25, 0.3) is 0 Å². The molecule has 0 saturated heterocycles. The molecule has 0 spiro atoms. The normalized spacial score (nSPS) is 10.8. The first-order valence-electron chi connectivity index (χ1n) is 5.99. The molecule has 1 aromatic heterocycles. The predicted octanol–water partition coefficient (Wildman–Crippen LogP) is 2.65. The number of amides is 1. The molecule has 1 aromatic carbocycles. The van der Waals surface area contributed by atoms with Gasteiger partial charge in [0.15, 0.2) is 5.82 Å². The molecule has 0 aliphatic heterocycles. The fraction of sp³-hybridized carbons (Fsp3) is 0.231. The maximum absolute atomic E-state index is 13.5. The molecular weight excluding hydrogens is 266 g/mol. The van der Waals surface area contributed by atoms with Gasteiger partial charge in [0.25, 0.3) is 5.91 Å². The number of hydrogen-bond acceptors (Lipinski definition) is 3. The van der Waals surface area contributed by atoms with E-state index >= 15 is 0 Å². The minimum absolute atomic E-state index is 0.214. The average molecular weight is 280 g/mol. The highest BCUT2D eigenvalue weighted by Gasteiger charge is 2.16. The third-order valence-electron chi connectivity index (χ3n) is 2.79. The number of rotatable bonds is 3. The van der Waals surface area contributed by atoms with Gasteiger partial charge in [-0.15, -0.1) is 0 Å². The van der Waals surface area contributed by atoms with Crippen LogP contribution in [-0.2, 0) is 0 Å². The Balaban J connectivity index is 2.21. The lowest BCUT2D eigenvalue weighted by Gasteiger charge is -2.05. The van der Waals surface area contributed by atoms with Crippen molar-refractivity contribution in [1.29, 1.82) is 0 Å². The number of carbonyl (C=O) groups is 1. The Kier molecular flexibility index (Phi) is 3.69. The second-order valence-corrected chi connectivity index (χ2v) is 4.67. The van der Waals surface area contributed by atoms with Crippen molar-refractivity contribution >= 4 is 17.4 Å². The second kappa shape index (κ2) is 5.28. The first-order valence-corrected chi connectivity index (χ1v) is 5.99. The van der Waals surface area contributed by atoms with Crippen molar-refractivity contribution in [3.05, 3.63) is 41.1 Å². The molecule has 0 saturated carbocycles. The predicted molar refractivity (Wildman–Crippen MR) is 71.4 cm³/mol. The molecule has 1 amide bonds. The molecule has 0 aliphatic rings. The topological polar surface area (TPSA) is 83.8 Å². The number of benzene rings is 1. The lowest BCUT2D eigenvalue weighted by atomic mass is 10.1. The summed E-state index contributed by atoms with van der Waals surface area (Å²) < 4.78 is 26.6. The molecule has 7 heteroatoms. The van der Waals surface area contributed by atoms with E-state index in [0.717, 1.165) is 11.8 Å². The van der Waals surface area contributed by atoms with Crippen molar-refractivity contribution < 1.29 is 13.6 Å². The zero-order chi connectivity index (χ0) is 14.9. The molecule has 2 rings (SSSR count). The maximum atomic E-state index is 13.5. The summed E-state index contributed by atoms with van der Waals surface area (Å²) in [5.41, 5.74) is 5.53. The average Bonchev–Trinajstić information content (AvgIpc) is 2.82. The van der Waals surface area contributed by atoms with Crippen molar-refractivity contribution in [3.63, 3.8) is 0 Å². The van der Waals surface area contributed by atoms with Gasteiger partial charge in [-0.2, -0.15) is 5.10 Å². The highest BCUT2D eigenvalue weighted by atomic mass is 19.1. The van der Waals surface area contributed by atoms with Crippen molar-refractivity contribution in [2.24, 2.45) is 0 Å². The van der Waals surface area contributed by atoms with E-state index in [0.29, 0.717) is 6.07 Å². The zero-order valence-electron chi connectivity index (χ0n) is 11.0. The van der Waals surface area contributed by atoms with Gasteiger partial charge in [-0.25, -0.2) is 8.78 Å². The van der Waals surface area contributed by atoms with Crippen LogP contribution in [0.4, 0.5) is 20.3 Å². The highest BCUT2D eigenvalue weighted by molar-refractivity contribution is 6.04. The SMILES string of the molecule is CC(C)c1cc(NC(=O)c2cc(N)c(F)cc2F)n[nH]1. The number of H-pyrrole nitrogens is 1. The van der Waals surface area contributed by atoms with Gasteiger partial charge >= 0.3 is 0 Å². The molecule has 1 heterocycles. The van der Waals surface area contributed by atoms with Crippen LogP contribution >= 0.6 is 0 Å². The van der Waals surface area contributed by atoms with Crippen LogP contribution in [0.3, 0.4) is 0 Å². The summed E-state index contributed by atoms with van der Waals surface area (Å²) in [6.45, 7) is 3.92. The Morgan fingerprint density at radius 2 is 2.00 bits per heavy atom. The third-order valence-corrected chi connectivity index (χ3v) is 2.79. The summed E-state index contributed by atoms with van der Waals surface area (Å²) in [5.74, 6) is -2.14. The molecule has 20 heavy (non-hydrogen) atoms. The Hall–Kier alpha value is -2.44. The van der Waals surface area contributed by atoms with Gasteiger partial charge in [0.05, 0.1) is 11.3 Å². The van der Waals surface area contributed by atoms with E-state index in [1.54, 1.807) is 6.07 Å². The second-order valence-electron chi connectivity index (χ2n) is 4.67. The standard InChI is InChI=1S/C13H14F2N4O/c1-6(2)11-5-12(19-18-11)17-13(20)7-3-10(16)9(15)4-8(7)14/h3-6H,16H2,1-2H3,(H2,17,18,19,20). The Bertz CT molecular complexity index is 652. The lowest BCUT2D eigenvalue weighted by molar-refractivity contribution is 0.102. The molecule has 0 bridgehead atoms. The van der Waals surface area contributed by atoms with Crippen molar-refractivity contribution in [1.82, 2.24) is 10.2 Å². The van der Waals surface area contributed by atoms with Crippen LogP contribution in [0.15, 0.2) is 18.2 Å². The molecule has 2 aromatic rings. The maximum Gasteiger partial charge on any atom is 0.259 e. The van der Waals surface area contributed by atoms with E-state index in [-0.39, 0.29) is 23.0 Å². The van der Waals surface area contributed by atoms with E-state index in [1.165, 1.54) is 0 Å². The number of nitrogen functional groups attached to an aromatic ring is 1. The minimum atomic E-state index is -0.978. The number of hydrogen-bond donors (Lipinski definition) is 3. The van der Waals surface area contributed by atoms with E-state index < -0.39 is 17.5 Å². The number of carbonyl (C=O) groups excluding carboxylic acids is 1. The number of aromatic amines is 1. The van der Waals surface area contributed by atoms with E-state index in [2.05, 4.69) is 15.5 Å². The quantitative estimate of drug-likeness (QED) is 0.756. The number of halogens is 2. The molecule has 106 valence electrons. The first kappa shape index (κ1) is 14.0. The summed E-state index contributed by atoms with van der Waals surface area (Å²) in [7, 11) is 0. The fourth-order valence-electron chi connectivity index (χ4n) is 1.62. The number of nitrogens with two attached hydrogens (primary N) is 1. The van der Waals surface area contributed by atoms with Gasteiger partial charge < -0.3 is 11.1 Å². The summed E-state index contributed by atoms with van der Waals surface area (Å²) in [6.07, 6.45) is 0. The van der Waals surface area contributed by atoms with Crippen molar-refractivity contribution in [2.75, 3.05) is 11.1 Å². The molecule has 0 fully saturated rings. The Morgan fingerprint density at radius 3 is 2.60 bits per heavy atom. The van der Waals surface area contributed by atoms with Crippen LogP contribution in [0.2, 0.25) is 0 Å². The number of anilines is 2. The Labute approximate surface area is 114 Å². The van der Waals surface area contributed by atoms with Gasteiger partial charge in [0.1, 0.15) is 11.6 Å². The van der Waals surface area contributed by atoms with Gasteiger partial charge in [-0.1, -0.05) is 13.8 Å². The smallest absolute Gasteiger partial charge is 0.259 e. The molecule has 4 N–H and O–H groups in total. The van der Waals surface area contributed by atoms with Crippen LogP contribution in [0.5, 0.6) is 0 Å². The Morgan fingerprint density at radius 1 is 1.30 bits per heavy atom. The van der Waals surface area contributed by atoms with Crippen LogP contribution in [0.1, 0.15) is 35.8 Å². The molecule has 0 radical (unpaired) electrons. The number of nitrogens with zero attached hydrogens (tertiary/aromatic N) is 1. The van der Waals surface area contributed by atoms with Crippen LogP contribution in [-0.4, -0.2) is 16.1 Å². The van der Waals surface area contributed by atoms with Crippen LogP contribution in [0, 0.1) is 11.6 Å². The van der Waals surface area contributed by atoms with Crippen LogP contribution < -0.4 is 11.1 Å². The fourth-order valence-corrected chi connectivity index (χ4v) is 1.62. The van der Waals surface area contributed by atoms with E-state index in [1.807, 2.05) is 13.8 Å². The van der Waals surface area contributed by atoms with Crippen molar-refractivity contribution in [2.45, 2.75) is 19.8 Å². The zero-order valence-corrected chi connectivity index (χ0v) is 11.0. The molecule has 0 atom stereocenters. The van der Waals surface area contributed by atoms with Crippen molar-refractivity contribution in [3.8, 4) is 0 Å². The monoisotopic (exact) mass is 280 g/mol. The lowest BCUT2D eigenvalue weighted by Crippen LogP contribution is -2.15. The summed E-state index contributed by atoms with van der Waals surface area (Å²) in [6, 6.07) is 3.18. The number of nitrogens with one attached hydrogen (secondary N) is 2. The summed E-state index contributed by atoms with van der Waals surface area (Å²) in [5, 5.41) is 9.06. The van der Waals surface area contributed by atoms with Gasteiger partial charge in [0, 0.05) is 17.8 Å².